The van der Waals surface area contributed by atoms with E-state index in [1.807, 2.05) is 15.9 Å². The molecule has 0 spiro atoms. The number of methoxy groups -OCH3 is 1. The summed E-state index contributed by atoms with van der Waals surface area (Å²) in [6, 6.07) is 17.7. The predicted molar refractivity (Wildman–Crippen MR) is 120 cm³/mol. The molecule has 2 saturated heterocycles. The molecule has 0 unspecified atom stereocenters. The molecule has 2 aliphatic rings. The van der Waals surface area contributed by atoms with Crippen LogP contribution in [0, 0.1) is 5.92 Å². The minimum absolute atomic E-state index is 0.0158. The third-order valence-electron chi connectivity index (χ3n) is 6.34. The second-order valence-electron chi connectivity index (χ2n) is 8.48. The summed E-state index contributed by atoms with van der Waals surface area (Å²) in [6.45, 7) is 5.39. The smallest absolute Gasteiger partial charge is 0.253 e. The van der Waals surface area contributed by atoms with E-state index in [1.54, 1.807) is 31.4 Å². The first-order chi connectivity index (χ1) is 15.1. The van der Waals surface area contributed by atoms with Crippen LogP contribution in [-0.4, -0.2) is 72.9 Å². The number of likely N-dealkylation sites (tertiary alicyclic amines) is 1. The van der Waals surface area contributed by atoms with Crippen LogP contribution >= 0.6 is 0 Å². The van der Waals surface area contributed by atoms with Crippen LogP contribution in [-0.2, 0) is 11.3 Å². The fourth-order valence-electron chi connectivity index (χ4n) is 4.52. The van der Waals surface area contributed by atoms with E-state index in [0.29, 0.717) is 44.1 Å². The molecule has 4 rings (SSSR count). The molecule has 6 heteroatoms. The van der Waals surface area contributed by atoms with E-state index < -0.39 is 0 Å². The lowest BCUT2D eigenvalue weighted by molar-refractivity contribution is -0.133. The van der Waals surface area contributed by atoms with Crippen molar-refractivity contribution < 1.29 is 14.3 Å². The molecular weight excluding hydrogens is 390 g/mol. The average molecular weight is 422 g/mol. The van der Waals surface area contributed by atoms with Gasteiger partial charge in [-0.15, -0.1) is 0 Å². The molecule has 0 bridgehead atoms. The third kappa shape index (κ3) is 5.44. The molecule has 0 radical (unpaired) electrons. The number of hydrogen-bond acceptors (Lipinski definition) is 4. The minimum Gasteiger partial charge on any atom is -0.497 e. The molecule has 1 atom stereocenters. The number of piperazine rings is 1. The first kappa shape index (κ1) is 21.4. The summed E-state index contributed by atoms with van der Waals surface area (Å²) in [4.78, 5) is 31.8. The number of ether oxygens (including phenoxy) is 1. The Bertz CT molecular complexity index is 877. The lowest BCUT2D eigenvalue weighted by Gasteiger charge is -2.35. The first-order valence-electron chi connectivity index (χ1n) is 11.1. The van der Waals surface area contributed by atoms with Crippen molar-refractivity contribution in [2.45, 2.75) is 19.4 Å². The Labute approximate surface area is 184 Å². The van der Waals surface area contributed by atoms with E-state index in [4.69, 9.17) is 4.74 Å². The molecule has 2 amide bonds. The van der Waals surface area contributed by atoms with Crippen molar-refractivity contribution in [3.05, 3.63) is 65.7 Å². The molecule has 0 N–H and O–H groups in total. The SMILES string of the molecule is COc1ccc(C(=O)N2CCN(C(=O)C[C@@H]3CCN(Cc4ccccc4)C3)CC2)cc1. The van der Waals surface area contributed by atoms with Crippen LogP contribution in [0.3, 0.4) is 0 Å². The van der Waals surface area contributed by atoms with Gasteiger partial charge in [-0.05, 0) is 48.7 Å². The van der Waals surface area contributed by atoms with Gasteiger partial charge in [0.05, 0.1) is 7.11 Å². The zero-order chi connectivity index (χ0) is 21.6. The molecule has 0 aliphatic carbocycles. The fraction of sp³-hybridized carbons (Fsp3) is 0.440. The molecule has 2 aromatic carbocycles. The summed E-state index contributed by atoms with van der Waals surface area (Å²) >= 11 is 0. The van der Waals surface area contributed by atoms with Gasteiger partial charge in [0.25, 0.3) is 5.91 Å². The second-order valence-corrected chi connectivity index (χ2v) is 8.48. The van der Waals surface area contributed by atoms with Crippen LogP contribution in [0.4, 0.5) is 0 Å². The Morgan fingerprint density at radius 2 is 1.58 bits per heavy atom. The molecule has 164 valence electrons. The maximum atomic E-state index is 12.8. The van der Waals surface area contributed by atoms with Crippen molar-refractivity contribution in [3.63, 3.8) is 0 Å². The van der Waals surface area contributed by atoms with Gasteiger partial charge in [-0.1, -0.05) is 30.3 Å². The quantitative estimate of drug-likeness (QED) is 0.720. The molecule has 0 aromatic heterocycles. The van der Waals surface area contributed by atoms with Gasteiger partial charge in [0.15, 0.2) is 0 Å². The van der Waals surface area contributed by atoms with Crippen LogP contribution in [0.2, 0.25) is 0 Å². The van der Waals surface area contributed by atoms with E-state index in [0.717, 1.165) is 31.8 Å². The van der Waals surface area contributed by atoms with E-state index in [-0.39, 0.29) is 11.8 Å². The largest absolute Gasteiger partial charge is 0.497 e. The van der Waals surface area contributed by atoms with Crippen molar-refractivity contribution in [3.8, 4) is 5.75 Å². The van der Waals surface area contributed by atoms with Crippen molar-refractivity contribution >= 4 is 11.8 Å². The highest BCUT2D eigenvalue weighted by molar-refractivity contribution is 5.94. The topological polar surface area (TPSA) is 53.1 Å². The van der Waals surface area contributed by atoms with Gasteiger partial charge < -0.3 is 14.5 Å². The summed E-state index contributed by atoms with van der Waals surface area (Å²) in [5.41, 5.74) is 1.98. The molecule has 0 saturated carbocycles. The molecule has 2 aliphatic heterocycles. The highest BCUT2D eigenvalue weighted by Crippen LogP contribution is 2.23. The normalized spacial score (nSPS) is 19.5. The summed E-state index contributed by atoms with van der Waals surface area (Å²) in [7, 11) is 1.61. The zero-order valence-electron chi connectivity index (χ0n) is 18.2. The Morgan fingerprint density at radius 3 is 2.26 bits per heavy atom. The predicted octanol–water partition coefficient (Wildman–Crippen LogP) is 2.89. The fourth-order valence-corrected chi connectivity index (χ4v) is 4.52. The number of carbonyl (C=O) groups excluding carboxylic acids is 2. The lowest BCUT2D eigenvalue weighted by Crippen LogP contribution is -2.50. The number of carbonyl (C=O) groups is 2. The van der Waals surface area contributed by atoms with Crippen LogP contribution in [0.1, 0.15) is 28.8 Å². The molecule has 2 aromatic rings. The van der Waals surface area contributed by atoms with Gasteiger partial charge in [0.2, 0.25) is 5.91 Å². The Kier molecular flexibility index (Phi) is 6.87. The summed E-state index contributed by atoms with van der Waals surface area (Å²) < 4.78 is 5.15. The van der Waals surface area contributed by atoms with Gasteiger partial charge in [0.1, 0.15) is 5.75 Å². The van der Waals surface area contributed by atoms with Gasteiger partial charge in [-0.2, -0.15) is 0 Å². The summed E-state index contributed by atoms with van der Waals surface area (Å²) in [6.07, 6.45) is 1.69. The average Bonchev–Trinajstić information content (AvgIpc) is 3.26. The van der Waals surface area contributed by atoms with Crippen LogP contribution < -0.4 is 4.74 Å². The highest BCUT2D eigenvalue weighted by Gasteiger charge is 2.29. The number of benzene rings is 2. The van der Waals surface area contributed by atoms with E-state index in [1.165, 1.54) is 5.56 Å². The number of nitrogens with zero attached hydrogens (tertiary/aromatic N) is 3. The van der Waals surface area contributed by atoms with Crippen LogP contribution in [0.5, 0.6) is 5.75 Å². The molecule has 2 fully saturated rings. The van der Waals surface area contributed by atoms with Crippen LogP contribution in [0.15, 0.2) is 54.6 Å². The summed E-state index contributed by atoms with van der Waals surface area (Å²) in [5.74, 6) is 1.40. The molecule has 31 heavy (non-hydrogen) atoms. The standard InChI is InChI=1S/C25H31N3O3/c1-31-23-9-7-22(8-10-23)25(30)28-15-13-27(14-16-28)24(29)17-21-11-12-26(19-21)18-20-5-3-2-4-6-20/h2-10,21H,11-19H2,1H3/t21-/m0/s1. The molecule has 2 heterocycles. The van der Waals surface area contributed by atoms with Crippen molar-refractivity contribution in [1.82, 2.24) is 14.7 Å². The highest BCUT2D eigenvalue weighted by atomic mass is 16.5. The maximum Gasteiger partial charge on any atom is 0.253 e. The monoisotopic (exact) mass is 421 g/mol. The van der Waals surface area contributed by atoms with E-state index in [2.05, 4.69) is 29.2 Å². The lowest BCUT2D eigenvalue weighted by atomic mass is 10.0. The van der Waals surface area contributed by atoms with Gasteiger partial charge in [0, 0.05) is 51.3 Å². The Balaban J connectivity index is 1.22. The van der Waals surface area contributed by atoms with Gasteiger partial charge in [-0.25, -0.2) is 0 Å². The van der Waals surface area contributed by atoms with Gasteiger partial charge in [-0.3, -0.25) is 14.5 Å². The minimum atomic E-state index is 0.0158. The molecule has 6 nitrogen and oxygen atoms in total. The Morgan fingerprint density at radius 1 is 0.903 bits per heavy atom. The summed E-state index contributed by atoms with van der Waals surface area (Å²) in [5, 5.41) is 0. The van der Waals surface area contributed by atoms with Crippen molar-refractivity contribution in [1.29, 1.82) is 0 Å². The first-order valence-corrected chi connectivity index (χ1v) is 11.1. The van der Waals surface area contributed by atoms with E-state index in [9.17, 15) is 9.59 Å². The van der Waals surface area contributed by atoms with Gasteiger partial charge >= 0.3 is 0 Å². The number of amides is 2. The number of rotatable bonds is 6. The van der Waals surface area contributed by atoms with Crippen molar-refractivity contribution in [2.24, 2.45) is 5.92 Å². The Hall–Kier alpha value is -2.86. The molecular formula is C25H31N3O3. The van der Waals surface area contributed by atoms with E-state index >= 15 is 0 Å². The second kappa shape index (κ2) is 9.96. The zero-order valence-corrected chi connectivity index (χ0v) is 18.2. The van der Waals surface area contributed by atoms with Crippen LogP contribution in [0.25, 0.3) is 0 Å². The van der Waals surface area contributed by atoms with Crippen molar-refractivity contribution in [2.75, 3.05) is 46.4 Å². The maximum absolute atomic E-state index is 12.8. The third-order valence-corrected chi connectivity index (χ3v) is 6.34. The number of hydrogen-bond donors (Lipinski definition) is 0.